The van der Waals surface area contributed by atoms with E-state index < -0.39 is 17.9 Å². The molecule has 2 fully saturated rings. The van der Waals surface area contributed by atoms with Crippen molar-refractivity contribution < 1.29 is 22.4 Å². The second kappa shape index (κ2) is 6.75. The molecule has 0 unspecified atom stereocenters. The molecule has 150 valence electrons. The first-order valence-electron chi connectivity index (χ1n) is 9.18. The maximum atomic E-state index is 12.6. The number of amides is 1. The Morgan fingerprint density at radius 1 is 1.21 bits per heavy atom. The molecule has 1 saturated carbocycles. The number of aromatic nitrogens is 3. The molecule has 10 heteroatoms. The van der Waals surface area contributed by atoms with Crippen LogP contribution >= 0.6 is 0 Å². The molecule has 1 aliphatic carbocycles. The van der Waals surface area contributed by atoms with E-state index >= 15 is 0 Å². The topological polar surface area (TPSA) is 84.1 Å². The fourth-order valence-electron chi connectivity index (χ4n) is 3.49. The van der Waals surface area contributed by atoms with Crippen molar-refractivity contribution >= 4 is 11.9 Å². The first-order valence-corrected chi connectivity index (χ1v) is 9.18. The van der Waals surface area contributed by atoms with Crippen molar-refractivity contribution in [3.8, 4) is 11.5 Å². The Hall–Kier alpha value is -2.65. The standard InChI is InChI=1S/C18H20F3N5O2/c1-11(15(27)26-8-6-17(4-5-17)7-9-26)23-16-25-24-14(28-16)12-2-3-13(22-10-12)18(19,20)21/h2-3,10-11H,4-9H2,1H3,(H,23,25)/t11-/m1/s1. The second-order valence-corrected chi connectivity index (χ2v) is 7.53. The van der Waals surface area contributed by atoms with Crippen molar-refractivity contribution in [1.82, 2.24) is 20.1 Å². The molecule has 1 amide bonds. The highest BCUT2D eigenvalue weighted by Gasteiger charge is 2.45. The van der Waals surface area contributed by atoms with Crippen molar-refractivity contribution in [3.63, 3.8) is 0 Å². The normalized spacial score (nSPS) is 19.5. The van der Waals surface area contributed by atoms with Crippen LogP contribution in [0.5, 0.6) is 0 Å². The summed E-state index contributed by atoms with van der Waals surface area (Å²) in [6.45, 7) is 3.24. The summed E-state index contributed by atoms with van der Waals surface area (Å²) in [5.41, 5.74) is -0.244. The number of hydrogen-bond acceptors (Lipinski definition) is 6. The van der Waals surface area contributed by atoms with E-state index in [-0.39, 0.29) is 23.4 Å². The zero-order chi connectivity index (χ0) is 19.9. The van der Waals surface area contributed by atoms with E-state index in [1.807, 2.05) is 4.90 Å². The second-order valence-electron chi connectivity index (χ2n) is 7.53. The van der Waals surface area contributed by atoms with E-state index in [0.717, 1.165) is 38.2 Å². The summed E-state index contributed by atoms with van der Waals surface area (Å²) >= 11 is 0. The van der Waals surface area contributed by atoms with Gasteiger partial charge in [0, 0.05) is 19.3 Å². The SMILES string of the molecule is C[C@@H](Nc1nnc(-c2ccc(C(F)(F)F)nc2)o1)C(=O)N1CCC2(CC1)CC2. The van der Waals surface area contributed by atoms with E-state index in [0.29, 0.717) is 5.41 Å². The lowest BCUT2D eigenvalue weighted by atomic mass is 9.93. The highest BCUT2D eigenvalue weighted by atomic mass is 19.4. The Bertz CT molecular complexity index is 851. The number of pyridine rings is 1. The Balaban J connectivity index is 1.37. The average Bonchev–Trinajstić information content (AvgIpc) is 3.25. The van der Waals surface area contributed by atoms with Crippen LogP contribution in [-0.4, -0.2) is 45.1 Å². The Morgan fingerprint density at radius 2 is 1.93 bits per heavy atom. The van der Waals surface area contributed by atoms with E-state index in [1.165, 1.54) is 18.9 Å². The lowest BCUT2D eigenvalue weighted by Crippen LogP contribution is -2.45. The third-order valence-electron chi connectivity index (χ3n) is 5.53. The van der Waals surface area contributed by atoms with Crippen LogP contribution in [0.3, 0.4) is 0 Å². The van der Waals surface area contributed by atoms with Crippen molar-refractivity contribution in [2.45, 2.75) is 44.8 Å². The van der Waals surface area contributed by atoms with Gasteiger partial charge < -0.3 is 14.6 Å². The minimum atomic E-state index is -4.51. The van der Waals surface area contributed by atoms with Crippen LogP contribution in [-0.2, 0) is 11.0 Å². The lowest BCUT2D eigenvalue weighted by molar-refractivity contribution is -0.141. The summed E-state index contributed by atoms with van der Waals surface area (Å²) in [4.78, 5) is 17.8. The minimum Gasteiger partial charge on any atom is -0.403 e. The highest BCUT2D eigenvalue weighted by Crippen LogP contribution is 2.53. The summed E-state index contributed by atoms with van der Waals surface area (Å²) in [6.07, 6.45) is 1.16. The summed E-state index contributed by atoms with van der Waals surface area (Å²) in [5.74, 6) is -0.0107. The number of alkyl halides is 3. The molecule has 2 aromatic rings. The van der Waals surface area contributed by atoms with Crippen molar-refractivity contribution in [2.24, 2.45) is 5.41 Å². The van der Waals surface area contributed by atoms with Gasteiger partial charge in [0.25, 0.3) is 5.89 Å². The summed E-state index contributed by atoms with van der Waals surface area (Å²) in [7, 11) is 0. The van der Waals surface area contributed by atoms with Gasteiger partial charge in [0.1, 0.15) is 11.7 Å². The van der Waals surface area contributed by atoms with Crippen LogP contribution in [0, 0.1) is 5.41 Å². The first kappa shape index (κ1) is 18.7. The molecule has 2 aliphatic rings. The maximum absolute atomic E-state index is 12.6. The van der Waals surface area contributed by atoms with Crippen LogP contribution in [0.15, 0.2) is 22.7 Å². The molecule has 1 aliphatic heterocycles. The summed E-state index contributed by atoms with van der Waals surface area (Å²) in [6, 6.07) is 1.55. The van der Waals surface area contributed by atoms with Crippen LogP contribution in [0.2, 0.25) is 0 Å². The molecule has 0 bridgehead atoms. The highest BCUT2D eigenvalue weighted by molar-refractivity contribution is 5.83. The largest absolute Gasteiger partial charge is 0.433 e. The van der Waals surface area contributed by atoms with Crippen molar-refractivity contribution in [2.75, 3.05) is 18.4 Å². The molecule has 1 saturated heterocycles. The van der Waals surface area contributed by atoms with E-state index in [9.17, 15) is 18.0 Å². The third-order valence-corrected chi connectivity index (χ3v) is 5.53. The van der Waals surface area contributed by atoms with Crippen molar-refractivity contribution in [3.05, 3.63) is 24.0 Å². The predicted molar refractivity (Wildman–Crippen MR) is 93.1 cm³/mol. The van der Waals surface area contributed by atoms with Crippen molar-refractivity contribution in [1.29, 1.82) is 0 Å². The number of rotatable bonds is 4. The van der Waals surface area contributed by atoms with Crippen LogP contribution in [0.1, 0.15) is 38.3 Å². The number of halogens is 3. The number of anilines is 1. The quantitative estimate of drug-likeness (QED) is 0.855. The van der Waals surface area contributed by atoms with Gasteiger partial charge in [-0.3, -0.25) is 9.78 Å². The van der Waals surface area contributed by atoms with Gasteiger partial charge in [-0.25, -0.2) is 0 Å². The molecule has 0 radical (unpaired) electrons. The van der Waals surface area contributed by atoms with E-state index in [1.54, 1.807) is 6.92 Å². The van der Waals surface area contributed by atoms with Gasteiger partial charge in [0.15, 0.2) is 0 Å². The van der Waals surface area contributed by atoms with E-state index in [2.05, 4.69) is 20.5 Å². The monoisotopic (exact) mass is 395 g/mol. The summed E-state index contributed by atoms with van der Waals surface area (Å²) < 4.78 is 43.2. The maximum Gasteiger partial charge on any atom is 0.433 e. The van der Waals surface area contributed by atoms with Gasteiger partial charge in [-0.05, 0) is 50.2 Å². The zero-order valence-corrected chi connectivity index (χ0v) is 15.3. The number of carbonyl (C=O) groups excluding carboxylic acids is 1. The lowest BCUT2D eigenvalue weighted by Gasteiger charge is -2.33. The molecule has 2 aromatic heterocycles. The number of likely N-dealkylation sites (tertiary alicyclic amines) is 1. The molecule has 28 heavy (non-hydrogen) atoms. The fraction of sp³-hybridized carbons (Fsp3) is 0.556. The Morgan fingerprint density at radius 3 is 2.50 bits per heavy atom. The number of piperidine rings is 1. The van der Waals surface area contributed by atoms with Crippen LogP contribution < -0.4 is 5.32 Å². The first-order chi connectivity index (χ1) is 13.3. The van der Waals surface area contributed by atoms with Gasteiger partial charge in [-0.2, -0.15) is 13.2 Å². The molecular formula is C18H20F3N5O2. The molecular weight excluding hydrogens is 375 g/mol. The molecule has 3 heterocycles. The fourth-order valence-corrected chi connectivity index (χ4v) is 3.49. The van der Waals surface area contributed by atoms with E-state index in [4.69, 9.17) is 4.42 Å². The molecule has 4 rings (SSSR count). The number of nitrogens with one attached hydrogen (secondary N) is 1. The van der Waals surface area contributed by atoms with Gasteiger partial charge in [-0.15, -0.1) is 5.10 Å². The average molecular weight is 395 g/mol. The van der Waals surface area contributed by atoms with Crippen LogP contribution in [0.4, 0.5) is 19.2 Å². The number of nitrogens with zero attached hydrogens (tertiary/aromatic N) is 4. The Labute approximate surface area is 159 Å². The van der Waals surface area contributed by atoms with Gasteiger partial charge in [-0.1, -0.05) is 5.10 Å². The molecule has 7 nitrogen and oxygen atoms in total. The zero-order valence-electron chi connectivity index (χ0n) is 15.3. The van der Waals surface area contributed by atoms with Gasteiger partial charge in [0.05, 0.1) is 5.56 Å². The molecule has 1 spiro atoms. The van der Waals surface area contributed by atoms with Gasteiger partial charge in [0.2, 0.25) is 5.91 Å². The molecule has 1 N–H and O–H groups in total. The predicted octanol–water partition coefficient (Wildman–Crippen LogP) is 3.35. The number of carbonyl (C=O) groups is 1. The molecule has 0 aromatic carbocycles. The third kappa shape index (κ3) is 3.81. The van der Waals surface area contributed by atoms with Gasteiger partial charge >= 0.3 is 12.2 Å². The minimum absolute atomic E-state index is 0.0250. The number of hydrogen-bond donors (Lipinski definition) is 1. The summed E-state index contributed by atoms with van der Waals surface area (Å²) in [5, 5.41) is 10.5. The molecule has 1 atom stereocenters. The Kier molecular flexibility index (Phi) is 4.51. The smallest absolute Gasteiger partial charge is 0.403 e. The van der Waals surface area contributed by atoms with Crippen LogP contribution in [0.25, 0.3) is 11.5 Å².